The number of nitrogens with zero attached hydrogens (tertiary/aromatic N) is 1. The van der Waals surface area contributed by atoms with Crippen molar-refractivity contribution in [2.24, 2.45) is 5.92 Å². The van der Waals surface area contributed by atoms with Gasteiger partial charge in [0, 0.05) is 37.2 Å². The monoisotopic (exact) mass is 455 g/mol. The van der Waals surface area contributed by atoms with E-state index in [1.807, 2.05) is 45.0 Å². The molecule has 0 spiro atoms. The first-order valence-corrected chi connectivity index (χ1v) is 10.9. The maximum atomic E-state index is 12.6. The van der Waals surface area contributed by atoms with Gasteiger partial charge in [0.1, 0.15) is 5.60 Å². The normalized spacial score (nSPS) is 19.9. The fraction of sp³-hybridized carbons (Fsp3) is 0.682. The number of halogens is 1. The Morgan fingerprint density at radius 2 is 2.07 bits per heavy atom. The zero-order valence-corrected chi connectivity index (χ0v) is 19.1. The lowest BCUT2D eigenvalue weighted by Gasteiger charge is -2.43. The van der Waals surface area contributed by atoms with Crippen LogP contribution in [0.5, 0.6) is 0 Å². The van der Waals surface area contributed by atoms with E-state index in [1.165, 1.54) is 0 Å². The lowest BCUT2D eigenvalue weighted by atomic mass is 9.74. The smallest absolute Gasteiger partial charge is 0.410 e. The summed E-state index contributed by atoms with van der Waals surface area (Å²) < 4.78 is 11.7. The second-order valence-corrected chi connectivity index (χ2v) is 9.57. The van der Waals surface area contributed by atoms with E-state index in [9.17, 15) is 9.90 Å². The Morgan fingerprint density at radius 1 is 1.32 bits per heavy atom. The van der Waals surface area contributed by atoms with E-state index in [4.69, 9.17) is 9.47 Å². The minimum atomic E-state index is -0.988. The van der Waals surface area contributed by atoms with Gasteiger partial charge in [-0.1, -0.05) is 28.1 Å². The SMILES string of the molecule is COCCCCC(O)(c1cccc(Br)c1)C1CCCN(C(=O)OC(C)(C)C)C1. The summed E-state index contributed by atoms with van der Waals surface area (Å²) in [7, 11) is 1.69. The predicted molar refractivity (Wildman–Crippen MR) is 114 cm³/mol. The average Bonchev–Trinajstić information content (AvgIpc) is 2.64. The Labute approximate surface area is 177 Å². The summed E-state index contributed by atoms with van der Waals surface area (Å²) >= 11 is 3.52. The quantitative estimate of drug-likeness (QED) is 0.580. The third kappa shape index (κ3) is 6.46. The first-order chi connectivity index (χ1) is 13.2. The summed E-state index contributed by atoms with van der Waals surface area (Å²) in [5.41, 5.74) is -0.612. The number of carbonyl (C=O) groups is 1. The summed E-state index contributed by atoms with van der Waals surface area (Å²) in [5.74, 6) is -0.0365. The summed E-state index contributed by atoms with van der Waals surface area (Å²) in [6.45, 7) is 7.48. The largest absolute Gasteiger partial charge is 0.444 e. The highest BCUT2D eigenvalue weighted by molar-refractivity contribution is 9.10. The van der Waals surface area contributed by atoms with Crippen molar-refractivity contribution >= 4 is 22.0 Å². The van der Waals surface area contributed by atoms with Gasteiger partial charge in [-0.3, -0.25) is 0 Å². The van der Waals surface area contributed by atoms with Crippen LogP contribution in [0.1, 0.15) is 58.4 Å². The van der Waals surface area contributed by atoms with Gasteiger partial charge in [-0.05, 0) is 70.6 Å². The molecule has 28 heavy (non-hydrogen) atoms. The molecule has 0 aromatic heterocycles. The molecule has 1 aromatic carbocycles. The Hall–Kier alpha value is -1.11. The van der Waals surface area contributed by atoms with Crippen LogP contribution in [-0.4, -0.2) is 48.5 Å². The maximum Gasteiger partial charge on any atom is 0.410 e. The van der Waals surface area contributed by atoms with Crippen LogP contribution in [0.15, 0.2) is 28.7 Å². The molecule has 158 valence electrons. The van der Waals surface area contributed by atoms with Crippen LogP contribution in [0.3, 0.4) is 0 Å². The van der Waals surface area contributed by atoms with Gasteiger partial charge in [-0.15, -0.1) is 0 Å². The maximum absolute atomic E-state index is 12.6. The fourth-order valence-electron chi connectivity index (χ4n) is 3.84. The molecule has 5 nitrogen and oxygen atoms in total. The topological polar surface area (TPSA) is 59.0 Å². The molecule has 1 fully saturated rings. The van der Waals surface area contributed by atoms with Crippen LogP contribution in [-0.2, 0) is 15.1 Å². The number of benzene rings is 1. The zero-order valence-electron chi connectivity index (χ0n) is 17.5. The Kier molecular flexibility index (Phi) is 8.34. The molecule has 1 aliphatic heterocycles. The molecule has 6 heteroatoms. The van der Waals surface area contributed by atoms with Crippen LogP contribution >= 0.6 is 15.9 Å². The highest BCUT2D eigenvalue weighted by Crippen LogP contribution is 2.40. The van der Waals surface area contributed by atoms with Crippen LogP contribution in [0.25, 0.3) is 0 Å². The second-order valence-electron chi connectivity index (χ2n) is 8.65. The van der Waals surface area contributed by atoms with Crippen molar-refractivity contribution in [2.45, 2.75) is 64.1 Å². The third-order valence-electron chi connectivity index (χ3n) is 5.23. The second kappa shape index (κ2) is 10.1. The number of aliphatic hydroxyl groups is 1. The first-order valence-electron chi connectivity index (χ1n) is 10.1. The summed E-state index contributed by atoms with van der Waals surface area (Å²) in [5, 5.41) is 11.8. The number of likely N-dealkylation sites (tertiary alicyclic amines) is 1. The number of piperidine rings is 1. The molecule has 2 rings (SSSR count). The minimum Gasteiger partial charge on any atom is -0.444 e. The summed E-state index contributed by atoms with van der Waals surface area (Å²) in [6.07, 6.45) is 3.84. The number of rotatable bonds is 7. The molecular formula is C22H34BrNO4. The van der Waals surface area contributed by atoms with Crippen molar-refractivity contribution < 1.29 is 19.4 Å². The standard InChI is InChI=1S/C22H34BrNO4/c1-21(2,3)28-20(25)24-13-8-10-18(16-24)22(26,12-5-6-14-27-4)17-9-7-11-19(23)15-17/h7,9,11,15,18,26H,5-6,8,10,12-14,16H2,1-4H3. The molecule has 2 atom stereocenters. The lowest BCUT2D eigenvalue weighted by molar-refractivity contribution is -0.0642. The van der Waals surface area contributed by atoms with Gasteiger partial charge in [0.2, 0.25) is 0 Å². The van der Waals surface area contributed by atoms with Crippen LogP contribution in [0.4, 0.5) is 4.79 Å². The molecule has 0 aliphatic carbocycles. The highest BCUT2D eigenvalue weighted by Gasteiger charge is 2.41. The van der Waals surface area contributed by atoms with Gasteiger partial charge in [0.05, 0.1) is 5.60 Å². The van der Waals surface area contributed by atoms with Gasteiger partial charge < -0.3 is 19.5 Å². The molecule has 0 bridgehead atoms. The molecule has 2 unspecified atom stereocenters. The summed E-state index contributed by atoms with van der Waals surface area (Å²) in [6, 6.07) is 7.88. The molecule has 1 saturated heterocycles. The van der Waals surface area contributed by atoms with Crippen LogP contribution < -0.4 is 0 Å². The molecule has 0 saturated carbocycles. The zero-order chi connectivity index (χ0) is 20.8. The van der Waals surface area contributed by atoms with E-state index >= 15 is 0 Å². The number of methoxy groups -OCH3 is 1. The van der Waals surface area contributed by atoms with Gasteiger partial charge >= 0.3 is 6.09 Å². The van der Waals surface area contributed by atoms with Crippen molar-refractivity contribution in [3.05, 3.63) is 34.3 Å². The van der Waals surface area contributed by atoms with Crippen LogP contribution in [0, 0.1) is 5.92 Å². The van der Waals surface area contributed by atoms with Crippen molar-refractivity contribution in [1.82, 2.24) is 4.90 Å². The molecule has 1 aromatic rings. The number of carbonyl (C=O) groups excluding carboxylic acids is 1. The Morgan fingerprint density at radius 3 is 2.71 bits per heavy atom. The van der Waals surface area contributed by atoms with E-state index in [2.05, 4.69) is 15.9 Å². The Balaban J connectivity index is 2.20. The number of amides is 1. The van der Waals surface area contributed by atoms with Crippen LogP contribution in [0.2, 0.25) is 0 Å². The van der Waals surface area contributed by atoms with Gasteiger partial charge in [0.25, 0.3) is 0 Å². The molecule has 1 amide bonds. The molecule has 0 radical (unpaired) electrons. The minimum absolute atomic E-state index is 0.0365. The molecule has 1 heterocycles. The number of unbranched alkanes of at least 4 members (excludes halogenated alkanes) is 1. The van der Waals surface area contributed by atoms with Crippen molar-refractivity contribution in [2.75, 3.05) is 26.8 Å². The molecule has 1 aliphatic rings. The average molecular weight is 456 g/mol. The number of hydrogen-bond acceptors (Lipinski definition) is 4. The van der Waals surface area contributed by atoms with E-state index in [-0.39, 0.29) is 12.0 Å². The first kappa shape index (κ1) is 23.2. The molecular weight excluding hydrogens is 422 g/mol. The fourth-order valence-corrected chi connectivity index (χ4v) is 4.24. The van der Waals surface area contributed by atoms with E-state index in [1.54, 1.807) is 12.0 Å². The third-order valence-corrected chi connectivity index (χ3v) is 5.72. The molecule has 1 N–H and O–H groups in total. The van der Waals surface area contributed by atoms with E-state index in [0.29, 0.717) is 26.1 Å². The van der Waals surface area contributed by atoms with Gasteiger partial charge in [0.15, 0.2) is 0 Å². The Bertz CT molecular complexity index is 646. The number of ether oxygens (including phenoxy) is 2. The van der Waals surface area contributed by atoms with Crippen molar-refractivity contribution in [3.63, 3.8) is 0 Å². The predicted octanol–water partition coefficient (Wildman–Crippen LogP) is 5.10. The lowest BCUT2D eigenvalue weighted by Crippen LogP contribution is -2.49. The van der Waals surface area contributed by atoms with E-state index < -0.39 is 11.2 Å². The van der Waals surface area contributed by atoms with Gasteiger partial charge in [-0.2, -0.15) is 0 Å². The van der Waals surface area contributed by atoms with Gasteiger partial charge in [-0.25, -0.2) is 4.79 Å². The van der Waals surface area contributed by atoms with Crippen molar-refractivity contribution in [1.29, 1.82) is 0 Å². The van der Waals surface area contributed by atoms with Crippen molar-refractivity contribution in [3.8, 4) is 0 Å². The van der Waals surface area contributed by atoms with E-state index in [0.717, 1.165) is 35.7 Å². The summed E-state index contributed by atoms with van der Waals surface area (Å²) in [4.78, 5) is 14.3. The number of hydrogen-bond donors (Lipinski definition) is 1. The highest BCUT2D eigenvalue weighted by atomic mass is 79.9.